The highest BCUT2D eigenvalue weighted by Gasteiger charge is 2.21. The Morgan fingerprint density at radius 3 is 3.00 bits per heavy atom. The third-order valence-corrected chi connectivity index (χ3v) is 3.05. The van der Waals surface area contributed by atoms with E-state index in [1.54, 1.807) is 12.1 Å². The summed E-state index contributed by atoms with van der Waals surface area (Å²) in [6, 6.07) is 3.16. The zero-order chi connectivity index (χ0) is 15.2. The molecule has 1 aliphatic heterocycles. The number of carbonyl (C=O) groups is 3. The van der Waals surface area contributed by atoms with Crippen molar-refractivity contribution >= 4 is 23.9 Å². The van der Waals surface area contributed by atoms with Crippen molar-refractivity contribution in [1.82, 2.24) is 15.6 Å². The number of hydrogen-bond donors (Lipinski definition) is 3. The zero-order valence-corrected chi connectivity index (χ0v) is 11.2. The molecule has 7 nitrogen and oxygen atoms in total. The van der Waals surface area contributed by atoms with Crippen molar-refractivity contribution in [3.8, 4) is 0 Å². The van der Waals surface area contributed by atoms with E-state index >= 15 is 0 Å². The number of rotatable bonds is 5. The first-order valence-electron chi connectivity index (χ1n) is 6.50. The van der Waals surface area contributed by atoms with E-state index in [4.69, 9.17) is 5.11 Å². The Hall–Kier alpha value is -2.70. The van der Waals surface area contributed by atoms with Gasteiger partial charge in [0, 0.05) is 36.8 Å². The summed E-state index contributed by atoms with van der Waals surface area (Å²) in [7, 11) is 0. The molecule has 3 N–H and O–H groups in total. The first kappa shape index (κ1) is 14.7. The molecule has 1 aromatic heterocycles. The van der Waals surface area contributed by atoms with E-state index in [2.05, 4.69) is 15.6 Å². The number of carbonyl (C=O) groups excluding carboxylic acids is 2. The van der Waals surface area contributed by atoms with Crippen LogP contribution in [0.3, 0.4) is 0 Å². The van der Waals surface area contributed by atoms with E-state index in [-0.39, 0.29) is 17.6 Å². The van der Waals surface area contributed by atoms with Crippen molar-refractivity contribution in [1.29, 1.82) is 0 Å². The molecule has 0 bridgehead atoms. The third kappa shape index (κ3) is 4.13. The fourth-order valence-electron chi connectivity index (χ4n) is 2.03. The Balaban J connectivity index is 2.01. The normalized spacial score (nSPS) is 17.7. The van der Waals surface area contributed by atoms with Crippen molar-refractivity contribution in [2.24, 2.45) is 0 Å². The Bertz CT molecular complexity index is 598. The van der Waals surface area contributed by atoms with Gasteiger partial charge >= 0.3 is 5.97 Å². The molecule has 1 atom stereocenters. The average Bonchev–Trinajstić information content (AvgIpc) is 2.88. The molecule has 0 aliphatic carbocycles. The Morgan fingerprint density at radius 1 is 1.52 bits per heavy atom. The Morgan fingerprint density at radius 2 is 2.33 bits per heavy atom. The number of carboxylic acid groups (broad SMARTS) is 1. The van der Waals surface area contributed by atoms with Gasteiger partial charge in [-0.2, -0.15) is 0 Å². The van der Waals surface area contributed by atoms with Crippen LogP contribution in [0.1, 0.15) is 28.9 Å². The van der Waals surface area contributed by atoms with Gasteiger partial charge in [0.2, 0.25) is 5.91 Å². The summed E-state index contributed by atoms with van der Waals surface area (Å²) in [4.78, 5) is 37.7. The molecule has 2 heterocycles. The second-order valence-corrected chi connectivity index (χ2v) is 4.63. The Labute approximate surface area is 121 Å². The highest BCUT2D eigenvalue weighted by molar-refractivity contribution is 5.97. The number of nitrogens with zero attached hydrogens (tertiary/aromatic N) is 1. The molecule has 110 valence electrons. The van der Waals surface area contributed by atoms with Crippen molar-refractivity contribution in [3.05, 3.63) is 35.7 Å². The van der Waals surface area contributed by atoms with Gasteiger partial charge in [-0.25, -0.2) is 4.79 Å². The van der Waals surface area contributed by atoms with E-state index in [1.165, 1.54) is 12.3 Å². The lowest BCUT2D eigenvalue weighted by Crippen LogP contribution is -2.38. The quantitative estimate of drug-likeness (QED) is 0.670. The van der Waals surface area contributed by atoms with Crippen LogP contribution in [0.25, 0.3) is 6.08 Å². The first-order chi connectivity index (χ1) is 10.1. The largest absolute Gasteiger partial charge is 0.478 e. The first-order valence-corrected chi connectivity index (χ1v) is 6.50. The van der Waals surface area contributed by atoms with Crippen LogP contribution in [0.5, 0.6) is 0 Å². The fraction of sp³-hybridized carbons (Fsp3) is 0.286. The minimum absolute atomic E-state index is 0.0165. The van der Waals surface area contributed by atoms with Gasteiger partial charge in [0.05, 0.1) is 0 Å². The van der Waals surface area contributed by atoms with E-state index in [0.29, 0.717) is 24.9 Å². The number of pyridine rings is 1. The molecular weight excluding hydrogens is 274 g/mol. The molecular formula is C14H15N3O4. The number of hydrogen-bond acceptors (Lipinski definition) is 4. The average molecular weight is 289 g/mol. The molecule has 1 saturated heterocycles. The molecule has 0 spiro atoms. The topological polar surface area (TPSA) is 108 Å². The van der Waals surface area contributed by atoms with Crippen molar-refractivity contribution in [3.63, 3.8) is 0 Å². The number of aromatic nitrogens is 1. The van der Waals surface area contributed by atoms with Gasteiger partial charge in [-0.3, -0.25) is 14.6 Å². The minimum atomic E-state index is -1.10. The van der Waals surface area contributed by atoms with Crippen molar-refractivity contribution < 1.29 is 19.5 Å². The monoisotopic (exact) mass is 289 g/mol. The molecule has 2 amide bonds. The van der Waals surface area contributed by atoms with E-state index in [1.807, 2.05) is 0 Å². The van der Waals surface area contributed by atoms with Crippen LogP contribution in [0, 0.1) is 0 Å². The van der Waals surface area contributed by atoms with E-state index in [9.17, 15) is 14.4 Å². The van der Waals surface area contributed by atoms with Crippen LogP contribution >= 0.6 is 0 Å². The zero-order valence-electron chi connectivity index (χ0n) is 11.2. The van der Waals surface area contributed by atoms with Gasteiger partial charge in [0.25, 0.3) is 5.91 Å². The summed E-state index contributed by atoms with van der Waals surface area (Å²) >= 11 is 0. The van der Waals surface area contributed by atoms with Gasteiger partial charge in [0.1, 0.15) is 5.69 Å². The lowest BCUT2D eigenvalue weighted by atomic mass is 10.1. The lowest BCUT2D eigenvalue weighted by Gasteiger charge is -2.11. The summed E-state index contributed by atoms with van der Waals surface area (Å²) < 4.78 is 0. The smallest absolute Gasteiger partial charge is 0.328 e. The summed E-state index contributed by atoms with van der Waals surface area (Å²) in [5.41, 5.74) is 0.576. The second-order valence-electron chi connectivity index (χ2n) is 4.63. The van der Waals surface area contributed by atoms with E-state index < -0.39 is 11.9 Å². The molecule has 7 heteroatoms. The predicted molar refractivity (Wildman–Crippen MR) is 74.4 cm³/mol. The van der Waals surface area contributed by atoms with Crippen LogP contribution in [0.15, 0.2) is 24.4 Å². The SMILES string of the molecule is O=C(O)/C=C/c1cccnc1C(=O)NCC1CCC(=O)N1. The maximum absolute atomic E-state index is 12.1. The van der Waals surface area contributed by atoms with Gasteiger partial charge in [0.15, 0.2) is 0 Å². The van der Waals surface area contributed by atoms with Crippen molar-refractivity contribution in [2.75, 3.05) is 6.54 Å². The summed E-state index contributed by atoms with van der Waals surface area (Å²) in [6.07, 6.45) is 4.89. The molecule has 0 radical (unpaired) electrons. The predicted octanol–water partition coefficient (Wildman–Crippen LogP) is 0.188. The second kappa shape index (κ2) is 6.65. The maximum atomic E-state index is 12.1. The number of nitrogens with one attached hydrogen (secondary N) is 2. The van der Waals surface area contributed by atoms with Crippen LogP contribution in [0.4, 0.5) is 0 Å². The summed E-state index contributed by atoms with van der Waals surface area (Å²) in [5, 5.41) is 14.1. The maximum Gasteiger partial charge on any atom is 0.328 e. The van der Waals surface area contributed by atoms with Crippen molar-refractivity contribution in [2.45, 2.75) is 18.9 Å². The molecule has 21 heavy (non-hydrogen) atoms. The molecule has 2 rings (SSSR count). The highest BCUT2D eigenvalue weighted by atomic mass is 16.4. The number of aliphatic carboxylic acids is 1. The fourth-order valence-corrected chi connectivity index (χ4v) is 2.03. The molecule has 0 saturated carbocycles. The van der Waals surface area contributed by atoms with Gasteiger partial charge in [-0.1, -0.05) is 6.07 Å². The van der Waals surface area contributed by atoms with E-state index in [0.717, 1.165) is 6.08 Å². The third-order valence-electron chi connectivity index (χ3n) is 3.05. The summed E-state index contributed by atoms with van der Waals surface area (Å²) in [6.45, 7) is 0.323. The highest BCUT2D eigenvalue weighted by Crippen LogP contribution is 2.09. The Kier molecular flexibility index (Phi) is 4.65. The minimum Gasteiger partial charge on any atom is -0.478 e. The van der Waals surface area contributed by atoms with Gasteiger partial charge in [-0.05, 0) is 18.6 Å². The lowest BCUT2D eigenvalue weighted by molar-refractivity contribution is -0.131. The van der Waals surface area contributed by atoms with Gasteiger partial charge < -0.3 is 15.7 Å². The van der Waals surface area contributed by atoms with Crippen LogP contribution in [0.2, 0.25) is 0 Å². The van der Waals surface area contributed by atoms with Crippen LogP contribution in [-0.4, -0.2) is 40.5 Å². The molecule has 1 aromatic rings. The summed E-state index contributed by atoms with van der Waals surface area (Å²) in [5.74, 6) is -1.52. The van der Waals surface area contributed by atoms with Crippen LogP contribution < -0.4 is 10.6 Å². The molecule has 0 aromatic carbocycles. The molecule has 1 aliphatic rings. The standard InChI is InChI=1S/C14H15N3O4/c18-11-5-4-10(17-11)8-16-14(21)13-9(2-1-7-15-13)3-6-12(19)20/h1-3,6-7,10H,4-5,8H2,(H,16,21)(H,17,18)(H,19,20)/b6-3+. The number of amides is 2. The van der Waals surface area contributed by atoms with Gasteiger partial charge in [-0.15, -0.1) is 0 Å². The molecule has 1 fully saturated rings. The van der Waals surface area contributed by atoms with Crippen LogP contribution in [-0.2, 0) is 9.59 Å². The molecule has 1 unspecified atom stereocenters. The number of carboxylic acids is 1.